The van der Waals surface area contributed by atoms with E-state index in [-0.39, 0.29) is 5.41 Å². The molecule has 0 N–H and O–H groups in total. The fourth-order valence-electron chi connectivity index (χ4n) is 3.23. The molecule has 0 amide bonds. The minimum atomic E-state index is -0.328. The summed E-state index contributed by atoms with van der Waals surface area (Å²) in [5, 5.41) is 0. The van der Waals surface area contributed by atoms with E-state index >= 15 is 0 Å². The van der Waals surface area contributed by atoms with Crippen LogP contribution in [0.5, 0.6) is 5.75 Å². The summed E-state index contributed by atoms with van der Waals surface area (Å²) < 4.78 is 8.15. The van der Waals surface area contributed by atoms with E-state index in [9.17, 15) is 4.79 Å². The van der Waals surface area contributed by atoms with Gasteiger partial charge in [0.1, 0.15) is 18.6 Å². The van der Waals surface area contributed by atoms with Crippen LogP contribution < -0.4 is 4.74 Å². The summed E-state index contributed by atoms with van der Waals surface area (Å²) in [6.45, 7) is 9.44. The van der Waals surface area contributed by atoms with Gasteiger partial charge in [0, 0.05) is 24.4 Å². The molecule has 3 aromatic rings. The number of aromatic nitrogens is 2. The summed E-state index contributed by atoms with van der Waals surface area (Å²) in [7, 11) is 0. The van der Waals surface area contributed by atoms with E-state index in [1.54, 1.807) is 6.20 Å². The fraction of sp³-hybridized carbons (Fsp3) is 0.333. The van der Waals surface area contributed by atoms with Gasteiger partial charge in [-0.15, -0.1) is 0 Å². The second kappa shape index (κ2) is 8.42. The third-order valence-corrected chi connectivity index (χ3v) is 4.94. The van der Waals surface area contributed by atoms with Gasteiger partial charge in [-0.1, -0.05) is 44.2 Å². The molecule has 0 atom stereocenters. The predicted molar refractivity (Wildman–Crippen MR) is 112 cm³/mol. The number of aryl methyl sites for hydroxylation is 2. The Labute approximate surface area is 167 Å². The first-order chi connectivity index (χ1) is 13.4. The molecule has 2 aromatic carbocycles. The molecule has 3 rings (SSSR count). The molecular weight excluding hydrogens is 348 g/mol. The van der Waals surface area contributed by atoms with Gasteiger partial charge >= 0.3 is 0 Å². The van der Waals surface area contributed by atoms with Crippen molar-refractivity contribution in [2.45, 2.75) is 47.3 Å². The molecule has 0 saturated heterocycles. The molecule has 0 unspecified atom stereocenters. The van der Waals surface area contributed by atoms with E-state index < -0.39 is 0 Å². The number of imidazole rings is 1. The van der Waals surface area contributed by atoms with Crippen molar-refractivity contribution in [1.29, 1.82) is 0 Å². The van der Waals surface area contributed by atoms with Crippen LogP contribution in [0.15, 0.2) is 55.1 Å². The molecule has 1 aromatic heterocycles. The number of nitrogens with zero attached hydrogens (tertiary/aromatic N) is 2. The van der Waals surface area contributed by atoms with Gasteiger partial charge in [0.25, 0.3) is 0 Å². The molecule has 0 aliphatic carbocycles. The second-order valence-electron chi connectivity index (χ2n) is 8.17. The molecule has 0 aliphatic rings. The summed E-state index contributed by atoms with van der Waals surface area (Å²) in [6, 6.07) is 12.6. The van der Waals surface area contributed by atoms with Crippen LogP contribution in [0.1, 0.15) is 41.7 Å². The summed E-state index contributed by atoms with van der Waals surface area (Å²) in [4.78, 5) is 15.2. The first-order valence-electron chi connectivity index (χ1n) is 9.59. The molecule has 0 saturated carbocycles. The van der Waals surface area contributed by atoms with Crippen molar-refractivity contribution in [3.05, 3.63) is 82.9 Å². The minimum Gasteiger partial charge on any atom is -0.489 e. The van der Waals surface area contributed by atoms with Crippen LogP contribution in [0.4, 0.5) is 0 Å². The lowest BCUT2D eigenvalue weighted by molar-refractivity contribution is -0.114. The quantitative estimate of drug-likeness (QED) is 0.526. The molecule has 0 spiro atoms. The fourth-order valence-corrected chi connectivity index (χ4v) is 3.23. The SMILES string of the molecule is Cc1cc(OCc2ccc(CC(C)(C)C=O)cc2)c(C)cc1Cn1ccnc1. The maximum Gasteiger partial charge on any atom is 0.125 e. The van der Waals surface area contributed by atoms with E-state index in [1.165, 1.54) is 11.1 Å². The zero-order valence-electron chi connectivity index (χ0n) is 17.1. The highest BCUT2D eigenvalue weighted by Gasteiger charge is 2.17. The lowest BCUT2D eigenvalue weighted by Gasteiger charge is -2.17. The van der Waals surface area contributed by atoms with Gasteiger partial charge < -0.3 is 14.1 Å². The number of hydrogen-bond donors (Lipinski definition) is 0. The average Bonchev–Trinajstić information content (AvgIpc) is 3.17. The molecule has 0 radical (unpaired) electrons. The molecule has 4 nitrogen and oxygen atoms in total. The van der Waals surface area contributed by atoms with E-state index in [1.807, 2.05) is 26.4 Å². The van der Waals surface area contributed by atoms with Crippen molar-refractivity contribution < 1.29 is 9.53 Å². The van der Waals surface area contributed by atoms with Crippen molar-refractivity contribution in [3.63, 3.8) is 0 Å². The summed E-state index contributed by atoms with van der Waals surface area (Å²) in [6.07, 6.45) is 7.36. The number of ether oxygens (including phenoxy) is 1. The highest BCUT2D eigenvalue weighted by molar-refractivity contribution is 5.58. The Morgan fingerprint density at radius 2 is 1.79 bits per heavy atom. The zero-order chi connectivity index (χ0) is 20.1. The molecule has 0 bridgehead atoms. The second-order valence-corrected chi connectivity index (χ2v) is 8.17. The van der Waals surface area contributed by atoms with Gasteiger partial charge in [0.15, 0.2) is 0 Å². The monoisotopic (exact) mass is 376 g/mol. The molecule has 146 valence electrons. The number of carbonyl (C=O) groups excluding carboxylic acids is 1. The Balaban J connectivity index is 1.64. The molecular formula is C24H28N2O2. The van der Waals surface area contributed by atoms with Crippen molar-refractivity contribution in [3.8, 4) is 5.75 Å². The van der Waals surface area contributed by atoms with Crippen LogP contribution in [0.25, 0.3) is 0 Å². The molecule has 0 aliphatic heterocycles. The summed E-state index contributed by atoms with van der Waals surface area (Å²) in [5.74, 6) is 0.915. The van der Waals surface area contributed by atoms with Crippen LogP contribution in [-0.4, -0.2) is 15.8 Å². The van der Waals surface area contributed by atoms with E-state index in [0.717, 1.165) is 41.7 Å². The van der Waals surface area contributed by atoms with Gasteiger partial charge in [-0.05, 0) is 54.2 Å². The van der Waals surface area contributed by atoms with E-state index in [0.29, 0.717) is 6.61 Å². The normalized spacial score (nSPS) is 11.4. The van der Waals surface area contributed by atoms with Crippen LogP contribution >= 0.6 is 0 Å². The van der Waals surface area contributed by atoms with Crippen molar-refractivity contribution >= 4 is 6.29 Å². The standard InChI is InChI=1S/C24H28N2O2/c1-18-12-23(19(2)11-22(18)14-26-10-9-25-17-26)28-15-21-7-5-20(6-8-21)13-24(3,4)16-27/h5-12,16-17H,13-15H2,1-4H3. The van der Waals surface area contributed by atoms with Gasteiger partial charge in [-0.25, -0.2) is 4.98 Å². The molecule has 28 heavy (non-hydrogen) atoms. The Morgan fingerprint density at radius 1 is 1.07 bits per heavy atom. The zero-order valence-corrected chi connectivity index (χ0v) is 17.1. The first-order valence-corrected chi connectivity index (χ1v) is 9.59. The summed E-state index contributed by atoms with van der Waals surface area (Å²) in [5.41, 5.74) is 5.56. The number of aldehydes is 1. The van der Waals surface area contributed by atoms with Crippen LogP contribution in [-0.2, 0) is 24.4 Å². The highest BCUT2D eigenvalue weighted by atomic mass is 16.5. The third-order valence-electron chi connectivity index (χ3n) is 4.94. The van der Waals surface area contributed by atoms with Crippen LogP contribution in [0.2, 0.25) is 0 Å². The number of rotatable bonds is 8. The minimum absolute atomic E-state index is 0.328. The van der Waals surface area contributed by atoms with Gasteiger partial charge in [-0.3, -0.25) is 0 Å². The number of hydrogen-bond acceptors (Lipinski definition) is 3. The maximum absolute atomic E-state index is 11.1. The number of benzene rings is 2. The average molecular weight is 377 g/mol. The first kappa shape index (κ1) is 19.9. The highest BCUT2D eigenvalue weighted by Crippen LogP contribution is 2.25. The maximum atomic E-state index is 11.1. The van der Waals surface area contributed by atoms with Gasteiger partial charge in [0.2, 0.25) is 0 Å². The lowest BCUT2D eigenvalue weighted by atomic mass is 9.87. The number of carbonyl (C=O) groups is 1. The topological polar surface area (TPSA) is 44.1 Å². The Kier molecular flexibility index (Phi) is 5.98. The van der Waals surface area contributed by atoms with E-state index in [2.05, 4.69) is 59.8 Å². The molecule has 4 heteroatoms. The summed E-state index contributed by atoms with van der Waals surface area (Å²) >= 11 is 0. The Morgan fingerprint density at radius 3 is 2.43 bits per heavy atom. The van der Waals surface area contributed by atoms with Crippen molar-refractivity contribution in [2.75, 3.05) is 0 Å². The Hall–Kier alpha value is -2.88. The van der Waals surface area contributed by atoms with Crippen LogP contribution in [0, 0.1) is 19.3 Å². The van der Waals surface area contributed by atoms with E-state index in [4.69, 9.17) is 4.74 Å². The smallest absolute Gasteiger partial charge is 0.125 e. The van der Waals surface area contributed by atoms with Gasteiger partial charge in [-0.2, -0.15) is 0 Å². The lowest BCUT2D eigenvalue weighted by Crippen LogP contribution is -2.16. The predicted octanol–water partition coefficient (Wildman–Crippen LogP) is 4.89. The largest absolute Gasteiger partial charge is 0.489 e. The van der Waals surface area contributed by atoms with Gasteiger partial charge in [0.05, 0.1) is 6.33 Å². The van der Waals surface area contributed by atoms with Crippen LogP contribution in [0.3, 0.4) is 0 Å². The Bertz CT molecular complexity index is 926. The third kappa shape index (κ3) is 5.10. The van der Waals surface area contributed by atoms with Crippen molar-refractivity contribution in [2.24, 2.45) is 5.41 Å². The van der Waals surface area contributed by atoms with Crippen molar-refractivity contribution in [1.82, 2.24) is 9.55 Å². The molecule has 0 fully saturated rings. The molecule has 1 heterocycles.